The Morgan fingerprint density at radius 2 is 2.12 bits per heavy atom. The molecule has 0 atom stereocenters. The molecule has 5 heteroatoms. The average Bonchev–Trinajstić information content (AvgIpc) is 2.13. The molecule has 1 aromatic rings. The van der Waals surface area contributed by atoms with E-state index in [0.717, 1.165) is 0 Å². The lowest BCUT2D eigenvalue weighted by Crippen LogP contribution is -2.59. The van der Waals surface area contributed by atoms with Gasteiger partial charge in [-0.15, -0.1) is 0 Å². The summed E-state index contributed by atoms with van der Waals surface area (Å²) in [4.78, 5) is 15.7. The van der Waals surface area contributed by atoms with E-state index in [1.54, 1.807) is 11.0 Å². The number of benzene rings is 1. The molecule has 0 spiro atoms. The monoisotopic (exact) mass is 300 g/mol. The molecule has 0 radical (unpaired) electrons. The zero-order valence-electron chi connectivity index (χ0n) is 9.78. The van der Waals surface area contributed by atoms with Crippen LogP contribution in [0.3, 0.4) is 0 Å². The molecule has 0 aliphatic carbocycles. The molecule has 1 saturated heterocycles. The molecule has 1 aliphatic rings. The van der Waals surface area contributed by atoms with Crippen molar-refractivity contribution in [2.75, 3.05) is 27.2 Å². The minimum atomic E-state index is -0.474. The predicted molar refractivity (Wildman–Crippen MR) is 67.5 cm³/mol. The van der Waals surface area contributed by atoms with Crippen molar-refractivity contribution in [3.8, 4) is 0 Å². The SMILES string of the molecule is CN(C)C1CN(C(=O)c2ccc(Br)cc2F)C1. The van der Waals surface area contributed by atoms with Crippen molar-refractivity contribution in [3.05, 3.63) is 34.1 Å². The van der Waals surface area contributed by atoms with E-state index in [2.05, 4.69) is 20.8 Å². The molecule has 0 unspecified atom stereocenters. The third kappa shape index (κ3) is 2.50. The van der Waals surface area contributed by atoms with E-state index in [1.807, 2.05) is 14.1 Å². The first-order chi connectivity index (χ1) is 7.99. The lowest BCUT2D eigenvalue weighted by molar-refractivity contribution is 0.0395. The zero-order chi connectivity index (χ0) is 12.6. The molecule has 0 saturated carbocycles. The van der Waals surface area contributed by atoms with Crippen LogP contribution in [0.15, 0.2) is 22.7 Å². The summed E-state index contributed by atoms with van der Waals surface area (Å²) in [5, 5.41) is 0. The van der Waals surface area contributed by atoms with Gasteiger partial charge in [0.2, 0.25) is 0 Å². The van der Waals surface area contributed by atoms with E-state index >= 15 is 0 Å². The van der Waals surface area contributed by atoms with Gasteiger partial charge >= 0.3 is 0 Å². The molecule has 0 aromatic heterocycles. The molecule has 92 valence electrons. The van der Waals surface area contributed by atoms with Crippen LogP contribution < -0.4 is 0 Å². The van der Waals surface area contributed by atoms with E-state index in [4.69, 9.17) is 0 Å². The molecule has 1 aliphatic heterocycles. The zero-order valence-corrected chi connectivity index (χ0v) is 11.4. The van der Waals surface area contributed by atoms with Crippen molar-refractivity contribution in [1.29, 1.82) is 0 Å². The quantitative estimate of drug-likeness (QED) is 0.834. The minimum Gasteiger partial charge on any atom is -0.335 e. The molecule has 1 fully saturated rings. The maximum Gasteiger partial charge on any atom is 0.256 e. The number of amides is 1. The molecule has 0 bridgehead atoms. The van der Waals surface area contributed by atoms with Crippen molar-refractivity contribution in [1.82, 2.24) is 9.80 Å². The van der Waals surface area contributed by atoms with Crippen LogP contribution in [0.25, 0.3) is 0 Å². The van der Waals surface area contributed by atoms with Crippen LogP contribution in [-0.4, -0.2) is 48.9 Å². The van der Waals surface area contributed by atoms with Gasteiger partial charge in [0.1, 0.15) is 5.82 Å². The van der Waals surface area contributed by atoms with Crippen LogP contribution in [0, 0.1) is 5.82 Å². The van der Waals surface area contributed by atoms with Crippen LogP contribution in [0.4, 0.5) is 4.39 Å². The minimum absolute atomic E-state index is 0.144. The van der Waals surface area contributed by atoms with E-state index < -0.39 is 5.82 Å². The topological polar surface area (TPSA) is 23.6 Å². The van der Waals surface area contributed by atoms with Crippen molar-refractivity contribution < 1.29 is 9.18 Å². The highest BCUT2D eigenvalue weighted by molar-refractivity contribution is 9.10. The molecule has 1 amide bonds. The Bertz CT molecular complexity index is 444. The summed E-state index contributed by atoms with van der Waals surface area (Å²) in [6.07, 6.45) is 0. The number of likely N-dealkylation sites (N-methyl/N-ethyl adjacent to an activating group) is 1. The Kier molecular flexibility index (Phi) is 3.49. The first kappa shape index (κ1) is 12.5. The number of carbonyl (C=O) groups excluding carboxylic acids is 1. The molecule has 1 aromatic carbocycles. The summed E-state index contributed by atoms with van der Waals surface area (Å²) in [6, 6.07) is 4.90. The molecular formula is C12H14BrFN2O. The number of rotatable bonds is 2. The third-order valence-electron chi connectivity index (χ3n) is 3.04. The van der Waals surface area contributed by atoms with E-state index in [-0.39, 0.29) is 11.5 Å². The standard InChI is InChI=1S/C12H14BrFN2O/c1-15(2)9-6-16(7-9)12(17)10-4-3-8(13)5-11(10)14/h3-5,9H,6-7H2,1-2H3. The number of hydrogen-bond donors (Lipinski definition) is 0. The largest absolute Gasteiger partial charge is 0.335 e. The highest BCUT2D eigenvalue weighted by atomic mass is 79.9. The van der Waals surface area contributed by atoms with Gasteiger partial charge in [0.15, 0.2) is 0 Å². The summed E-state index contributed by atoms with van der Waals surface area (Å²) in [6.45, 7) is 1.34. The Labute approximate surface area is 108 Å². The van der Waals surface area contributed by atoms with Gasteiger partial charge in [-0.1, -0.05) is 15.9 Å². The van der Waals surface area contributed by atoms with E-state index in [0.29, 0.717) is 23.6 Å². The normalized spacial score (nSPS) is 16.2. The Morgan fingerprint density at radius 1 is 1.47 bits per heavy atom. The predicted octanol–water partition coefficient (Wildman–Crippen LogP) is 1.97. The van der Waals surface area contributed by atoms with Crippen molar-refractivity contribution in [3.63, 3.8) is 0 Å². The summed E-state index contributed by atoms with van der Waals surface area (Å²) in [5.74, 6) is -0.703. The van der Waals surface area contributed by atoms with Gasteiger partial charge < -0.3 is 9.80 Å². The lowest BCUT2D eigenvalue weighted by Gasteiger charge is -2.42. The Hall–Kier alpha value is -0.940. The second kappa shape index (κ2) is 4.74. The first-order valence-electron chi connectivity index (χ1n) is 5.40. The van der Waals surface area contributed by atoms with Gasteiger partial charge in [0, 0.05) is 23.6 Å². The maximum atomic E-state index is 13.6. The first-order valence-corrected chi connectivity index (χ1v) is 6.19. The van der Waals surface area contributed by atoms with E-state index in [9.17, 15) is 9.18 Å². The molecule has 2 rings (SSSR count). The van der Waals surface area contributed by atoms with Crippen LogP contribution in [0.1, 0.15) is 10.4 Å². The lowest BCUT2D eigenvalue weighted by atomic mass is 10.1. The third-order valence-corrected chi connectivity index (χ3v) is 3.53. The molecule has 1 heterocycles. The number of likely N-dealkylation sites (tertiary alicyclic amines) is 1. The van der Waals surface area contributed by atoms with Gasteiger partial charge in [0.25, 0.3) is 5.91 Å². The molecule has 3 nitrogen and oxygen atoms in total. The summed E-state index contributed by atoms with van der Waals surface area (Å²) < 4.78 is 14.2. The highest BCUT2D eigenvalue weighted by Gasteiger charge is 2.33. The van der Waals surface area contributed by atoms with Crippen LogP contribution in [0.2, 0.25) is 0 Å². The second-order valence-electron chi connectivity index (χ2n) is 4.45. The van der Waals surface area contributed by atoms with Gasteiger partial charge in [0.05, 0.1) is 5.56 Å². The molecular weight excluding hydrogens is 287 g/mol. The van der Waals surface area contributed by atoms with Gasteiger partial charge in [-0.05, 0) is 32.3 Å². The smallest absolute Gasteiger partial charge is 0.256 e. The fraction of sp³-hybridized carbons (Fsp3) is 0.417. The summed E-state index contributed by atoms with van der Waals surface area (Å²) >= 11 is 3.17. The summed E-state index contributed by atoms with van der Waals surface area (Å²) in [5.41, 5.74) is 0.144. The Balaban J connectivity index is 2.07. The van der Waals surface area contributed by atoms with Crippen molar-refractivity contribution in [2.45, 2.75) is 6.04 Å². The fourth-order valence-corrected chi connectivity index (χ4v) is 2.11. The fourth-order valence-electron chi connectivity index (χ4n) is 1.78. The number of hydrogen-bond acceptors (Lipinski definition) is 2. The van der Waals surface area contributed by atoms with Gasteiger partial charge in [-0.2, -0.15) is 0 Å². The van der Waals surface area contributed by atoms with Gasteiger partial charge in [-0.25, -0.2) is 4.39 Å². The molecule has 17 heavy (non-hydrogen) atoms. The van der Waals surface area contributed by atoms with Crippen LogP contribution in [0.5, 0.6) is 0 Å². The maximum absolute atomic E-state index is 13.6. The summed E-state index contributed by atoms with van der Waals surface area (Å²) in [7, 11) is 3.96. The second-order valence-corrected chi connectivity index (χ2v) is 5.37. The van der Waals surface area contributed by atoms with E-state index in [1.165, 1.54) is 12.1 Å². The number of halogens is 2. The Morgan fingerprint density at radius 3 is 2.65 bits per heavy atom. The molecule has 0 N–H and O–H groups in total. The van der Waals surface area contributed by atoms with Crippen LogP contribution >= 0.6 is 15.9 Å². The van der Waals surface area contributed by atoms with Gasteiger partial charge in [-0.3, -0.25) is 4.79 Å². The number of carbonyl (C=O) groups is 1. The van der Waals surface area contributed by atoms with Crippen LogP contribution in [-0.2, 0) is 0 Å². The highest BCUT2D eigenvalue weighted by Crippen LogP contribution is 2.20. The van der Waals surface area contributed by atoms with Crippen molar-refractivity contribution in [2.24, 2.45) is 0 Å². The number of nitrogens with zero attached hydrogens (tertiary/aromatic N) is 2. The van der Waals surface area contributed by atoms with Crippen molar-refractivity contribution >= 4 is 21.8 Å². The average molecular weight is 301 g/mol.